The maximum absolute atomic E-state index is 13.0. The monoisotopic (exact) mass is 434 g/mol. The van der Waals surface area contributed by atoms with Crippen molar-refractivity contribution in [3.8, 4) is 5.75 Å². The Bertz CT molecular complexity index is 1070. The number of benzene rings is 2. The molecular formula is C23H22N4O3S. The third-order valence-electron chi connectivity index (χ3n) is 5.02. The van der Waals surface area contributed by atoms with E-state index in [0.29, 0.717) is 11.6 Å². The molecule has 0 bridgehead atoms. The Morgan fingerprint density at radius 2 is 1.90 bits per heavy atom. The van der Waals surface area contributed by atoms with Gasteiger partial charge in [0.15, 0.2) is 5.13 Å². The minimum Gasteiger partial charge on any atom is -0.497 e. The highest BCUT2D eigenvalue weighted by atomic mass is 32.1. The number of rotatable bonds is 7. The van der Waals surface area contributed by atoms with Crippen molar-refractivity contribution in [2.24, 2.45) is 5.10 Å². The fourth-order valence-corrected chi connectivity index (χ4v) is 3.98. The number of anilines is 1. The molecule has 1 aliphatic rings. The van der Waals surface area contributed by atoms with Crippen LogP contribution in [0.3, 0.4) is 0 Å². The smallest absolute Gasteiger partial charge is 0.243 e. The first-order chi connectivity index (χ1) is 15.1. The summed E-state index contributed by atoms with van der Waals surface area (Å²) in [6, 6.07) is 17.2. The van der Waals surface area contributed by atoms with E-state index >= 15 is 0 Å². The summed E-state index contributed by atoms with van der Waals surface area (Å²) in [4.78, 5) is 29.2. The average Bonchev–Trinajstić information content (AvgIpc) is 3.48. The van der Waals surface area contributed by atoms with Crippen LogP contribution in [-0.4, -0.2) is 34.6 Å². The number of thiazole rings is 1. The molecule has 1 atom stereocenters. The Kier molecular flexibility index (Phi) is 6.37. The largest absolute Gasteiger partial charge is 0.497 e. The van der Waals surface area contributed by atoms with Gasteiger partial charge in [-0.3, -0.25) is 9.59 Å². The predicted molar refractivity (Wildman–Crippen MR) is 120 cm³/mol. The van der Waals surface area contributed by atoms with Gasteiger partial charge in [-0.25, -0.2) is 9.99 Å². The topological polar surface area (TPSA) is 83.9 Å². The molecule has 0 radical (unpaired) electrons. The summed E-state index contributed by atoms with van der Waals surface area (Å²) in [5.74, 6) is 0.319. The molecule has 0 saturated heterocycles. The number of hydrogen-bond donors (Lipinski definition) is 1. The molecule has 3 aromatic rings. The second-order valence-corrected chi connectivity index (χ2v) is 7.92. The predicted octanol–water partition coefficient (Wildman–Crippen LogP) is 4.25. The van der Waals surface area contributed by atoms with Gasteiger partial charge in [-0.05, 0) is 23.3 Å². The molecule has 4 rings (SSSR count). The number of methoxy groups -OCH3 is 1. The van der Waals surface area contributed by atoms with E-state index in [1.54, 1.807) is 18.7 Å². The number of hydrogen-bond acceptors (Lipinski definition) is 6. The van der Waals surface area contributed by atoms with Gasteiger partial charge in [-0.15, -0.1) is 11.3 Å². The molecule has 31 heavy (non-hydrogen) atoms. The maximum atomic E-state index is 13.0. The molecule has 7 nitrogen and oxygen atoms in total. The Morgan fingerprint density at radius 3 is 2.58 bits per heavy atom. The number of nitrogens with one attached hydrogen (secondary N) is 1. The highest BCUT2D eigenvalue weighted by Crippen LogP contribution is 2.34. The normalized spacial score (nSPS) is 15.5. The third kappa shape index (κ3) is 4.97. The zero-order valence-corrected chi connectivity index (χ0v) is 17.8. The first kappa shape index (κ1) is 20.7. The zero-order valence-electron chi connectivity index (χ0n) is 17.0. The summed E-state index contributed by atoms with van der Waals surface area (Å²) in [7, 11) is 1.62. The van der Waals surface area contributed by atoms with Crippen molar-refractivity contribution in [2.45, 2.75) is 25.3 Å². The van der Waals surface area contributed by atoms with Gasteiger partial charge in [0.25, 0.3) is 0 Å². The first-order valence-corrected chi connectivity index (χ1v) is 10.8. The minimum atomic E-state index is -0.240. The van der Waals surface area contributed by atoms with Crippen LogP contribution in [0, 0.1) is 0 Å². The average molecular weight is 435 g/mol. The molecule has 1 aromatic heterocycles. The van der Waals surface area contributed by atoms with Gasteiger partial charge < -0.3 is 10.1 Å². The van der Waals surface area contributed by atoms with Crippen LogP contribution in [0.15, 0.2) is 71.3 Å². The van der Waals surface area contributed by atoms with E-state index in [9.17, 15) is 9.59 Å². The lowest BCUT2D eigenvalue weighted by atomic mass is 9.98. The van der Waals surface area contributed by atoms with Gasteiger partial charge in [0.1, 0.15) is 5.75 Å². The van der Waals surface area contributed by atoms with E-state index in [4.69, 9.17) is 4.74 Å². The Hall–Kier alpha value is -3.52. The molecule has 2 amide bonds. The van der Waals surface area contributed by atoms with Gasteiger partial charge in [0, 0.05) is 30.8 Å². The van der Waals surface area contributed by atoms with E-state index in [1.807, 2.05) is 54.6 Å². The van der Waals surface area contributed by atoms with Crippen molar-refractivity contribution < 1.29 is 14.3 Å². The van der Waals surface area contributed by atoms with E-state index in [-0.39, 0.29) is 30.7 Å². The fraction of sp³-hybridized carbons (Fsp3) is 0.217. The van der Waals surface area contributed by atoms with E-state index in [2.05, 4.69) is 15.4 Å². The van der Waals surface area contributed by atoms with Gasteiger partial charge in [0.05, 0.1) is 18.9 Å². The van der Waals surface area contributed by atoms with Gasteiger partial charge in [-0.1, -0.05) is 42.5 Å². The third-order valence-corrected chi connectivity index (χ3v) is 5.71. The van der Waals surface area contributed by atoms with Crippen molar-refractivity contribution in [1.29, 1.82) is 0 Å². The Labute approximate surface area is 184 Å². The Balaban J connectivity index is 1.50. The summed E-state index contributed by atoms with van der Waals surface area (Å²) >= 11 is 1.34. The van der Waals surface area contributed by atoms with Crippen LogP contribution in [0.5, 0.6) is 5.75 Å². The highest BCUT2D eigenvalue weighted by Gasteiger charge is 2.33. The van der Waals surface area contributed by atoms with Crippen LogP contribution in [0.25, 0.3) is 0 Å². The molecule has 0 unspecified atom stereocenters. The number of amides is 2. The molecule has 158 valence electrons. The quantitative estimate of drug-likeness (QED) is 0.603. The maximum Gasteiger partial charge on any atom is 0.243 e. The molecule has 8 heteroatoms. The van der Waals surface area contributed by atoms with Crippen molar-refractivity contribution in [1.82, 2.24) is 9.99 Å². The molecule has 1 N–H and O–H groups in total. The van der Waals surface area contributed by atoms with Crippen LogP contribution < -0.4 is 10.1 Å². The van der Waals surface area contributed by atoms with Crippen molar-refractivity contribution in [2.75, 3.05) is 12.4 Å². The van der Waals surface area contributed by atoms with Crippen LogP contribution in [0.4, 0.5) is 5.13 Å². The van der Waals surface area contributed by atoms with Gasteiger partial charge in [-0.2, -0.15) is 5.10 Å². The van der Waals surface area contributed by atoms with Gasteiger partial charge in [0.2, 0.25) is 11.8 Å². The van der Waals surface area contributed by atoms with Crippen molar-refractivity contribution >= 4 is 34.0 Å². The summed E-state index contributed by atoms with van der Waals surface area (Å²) in [6.45, 7) is 0. The lowest BCUT2D eigenvalue weighted by molar-refractivity contribution is -0.134. The second kappa shape index (κ2) is 9.53. The van der Waals surface area contributed by atoms with E-state index < -0.39 is 0 Å². The zero-order chi connectivity index (χ0) is 21.6. The summed E-state index contributed by atoms with van der Waals surface area (Å²) in [6.07, 6.45) is 2.36. The minimum absolute atomic E-state index is 0.0649. The van der Waals surface area contributed by atoms with Crippen LogP contribution >= 0.6 is 11.3 Å². The molecule has 0 saturated carbocycles. The van der Waals surface area contributed by atoms with E-state index in [0.717, 1.165) is 22.6 Å². The Morgan fingerprint density at radius 1 is 1.13 bits per heavy atom. The van der Waals surface area contributed by atoms with Crippen LogP contribution in [0.1, 0.15) is 36.4 Å². The number of nitrogens with zero attached hydrogens (tertiary/aromatic N) is 3. The highest BCUT2D eigenvalue weighted by molar-refractivity contribution is 7.13. The summed E-state index contributed by atoms with van der Waals surface area (Å²) < 4.78 is 5.25. The summed E-state index contributed by atoms with van der Waals surface area (Å²) in [5, 5.41) is 11.2. The molecule has 2 heterocycles. The molecule has 0 spiro atoms. The number of aromatic nitrogens is 1. The lowest BCUT2D eigenvalue weighted by Gasteiger charge is -2.22. The van der Waals surface area contributed by atoms with Crippen LogP contribution in [0.2, 0.25) is 0 Å². The number of ether oxygens (including phenoxy) is 1. The van der Waals surface area contributed by atoms with Crippen LogP contribution in [-0.2, 0) is 9.59 Å². The van der Waals surface area contributed by atoms with Gasteiger partial charge >= 0.3 is 0 Å². The molecule has 0 aliphatic carbocycles. The lowest BCUT2D eigenvalue weighted by Crippen LogP contribution is -2.28. The molecule has 0 fully saturated rings. The van der Waals surface area contributed by atoms with E-state index in [1.165, 1.54) is 16.3 Å². The number of carbonyl (C=O) groups is 2. The van der Waals surface area contributed by atoms with Crippen molar-refractivity contribution in [3.63, 3.8) is 0 Å². The molecular weight excluding hydrogens is 412 g/mol. The number of carbonyl (C=O) groups excluding carboxylic acids is 2. The summed E-state index contributed by atoms with van der Waals surface area (Å²) in [5.41, 5.74) is 2.80. The SMILES string of the molecule is COc1ccc([C@H]2CC(c3ccccc3)=NN2C(=O)CCC(=O)Nc2nccs2)cc1. The standard InChI is InChI=1S/C23H22N4O3S/c1-30-18-9-7-17(8-10-18)20-15-19(16-5-3-2-4-6-16)26-27(20)22(29)12-11-21(28)25-23-24-13-14-31-23/h2-10,13-14,20H,11-12,15H2,1H3,(H,24,25,28)/t20-/m1/s1. The second-order valence-electron chi connectivity index (χ2n) is 7.03. The number of hydrazone groups is 1. The molecule has 2 aromatic carbocycles. The first-order valence-electron chi connectivity index (χ1n) is 9.92. The fourth-order valence-electron chi connectivity index (χ4n) is 3.43. The van der Waals surface area contributed by atoms with Crippen molar-refractivity contribution in [3.05, 3.63) is 77.3 Å². The molecule has 1 aliphatic heterocycles.